The van der Waals surface area contributed by atoms with E-state index >= 15 is 0 Å². The zero-order valence-corrected chi connectivity index (χ0v) is 13.9. The van der Waals surface area contributed by atoms with Gasteiger partial charge in [-0.2, -0.15) is 0 Å². The molecule has 0 spiro atoms. The van der Waals surface area contributed by atoms with Crippen molar-refractivity contribution in [3.8, 4) is 0 Å². The van der Waals surface area contributed by atoms with Crippen molar-refractivity contribution in [2.45, 2.75) is 58.4 Å². The van der Waals surface area contributed by atoms with E-state index in [1.807, 2.05) is 0 Å². The summed E-state index contributed by atoms with van der Waals surface area (Å²) in [4.78, 5) is 0. The molecule has 3 rings (SSSR count). The summed E-state index contributed by atoms with van der Waals surface area (Å²) in [6.45, 7) is 8.28. The van der Waals surface area contributed by atoms with Gasteiger partial charge in [0, 0.05) is 6.04 Å². The van der Waals surface area contributed by atoms with E-state index in [0.717, 1.165) is 42.2 Å². The number of nitrogens with one attached hydrogen (secondary N) is 1. The number of hydrogen-bond donors (Lipinski definition) is 1. The van der Waals surface area contributed by atoms with Gasteiger partial charge in [0.05, 0.1) is 0 Å². The van der Waals surface area contributed by atoms with Crippen LogP contribution in [0.1, 0.15) is 57.9 Å². The number of hydrogen-bond acceptors (Lipinski definition) is 1. The highest BCUT2D eigenvalue weighted by atomic mass is 14.9. The molecule has 2 aliphatic carbocycles. The highest BCUT2D eigenvalue weighted by Crippen LogP contribution is 2.53. The highest BCUT2D eigenvalue weighted by molar-refractivity contribution is 5.27. The maximum atomic E-state index is 3.86. The van der Waals surface area contributed by atoms with Gasteiger partial charge in [-0.15, -0.1) is 0 Å². The summed E-state index contributed by atoms with van der Waals surface area (Å²) in [7, 11) is 0. The lowest BCUT2D eigenvalue weighted by Gasteiger charge is -2.37. The fraction of sp³-hybridized carbons (Fsp3) is 0.700. The van der Waals surface area contributed by atoms with E-state index in [1.54, 1.807) is 5.56 Å². The number of benzene rings is 1. The van der Waals surface area contributed by atoms with E-state index in [1.165, 1.54) is 25.7 Å². The van der Waals surface area contributed by atoms with Crippen LogP contribution in [-0.4, -0.2) is 12.6 Å². The quantitative estimate of drug-likeness (QED) is 0.816. The van der Waals surface area contributed by atoms with E-state index < -0.39 is 0 Å². The van der Waals surface area contributed by atoms with Crippen molar-refractivity contribution in [3.05, 3.63) is 35.9 Å². The first kappa shape index (κ1) is 15.1. The van der Waals surface area contributed by atoms with Crippen LogP contribution in [0.2, 0.25) is 0 Å². The maximum absolute atomic E-state index is 3.86. The Bertz CT molecular complexity index is 430. The van der Waals surface area contributed by atoms with Crippen LogP contribution in [0.4, 0.5) is 0 Å². The molecular weight excluding hydrogens is 254 g/mol. The monoisotopic (exact) mass is 285 g/mol. The normalized spacial score (nSPS) is 37.2. The van der Waals surface area contributed by atoms with Gasteiger partial charge < -0.3 is 5.32 Å². The standard InChI is InChI=1S/C20H31N/c1-4-21-20(17-11-14(2)10-15(3)12-17)19-13-18(19)16-8-6-5-7-9-16/h5-9,14-15,17-21H,4,10-13H2,1-3H3. The molecule has 2 aliphatic rings. The minimum atomic E-state index is 0.741. The Hall–Kier alpha value is -0.820. The van der Waals surface area contributed by atoms with Crippen molar-refractivity contribution in [1.29, 1.82) is 0 Å². The summed E-state index contributed by atoms with van der Waals surface area (Å²) in [5.41, 5.74) is 1.56. The zero-order chi connectivity index (χ0) is 14.8. The molecule has 0 heterocycles. The van der Waals surface area contributed by atoms with Gasteiger partial charge >= 0.3 is 0 Å². The SMILES string of the molecule is CCNC(C1CC(C)CC(C)C1)C1CC1c1ccccc1. The van der Waals surface area contributed by atoms with Crippen molar-refractivity contribution in [1.82, 2.24) is 5.32 Å². The summed E-state index contributed by atoms with van der Waals surface area (Å²) >= 11 is 0. The molecule has 1 aromatic carbocycles. The molecule has 5 atom stereocenters. The smallest absolute Gasteiger partial charge is 0.0130 e. The molecule has 1 aromatic rings. The van der Waals surface area contributed by atoms with Crippen LogP contribution in [0.5, 0.6) is 0 Å². The highest BCUT2D eigenvalue weighted by Gasteiger charge is 2.47. The molecule has 2 saturated carbocycles. The second-order valence-electron chi connectivity index (χ2n) is 7.68. The lowest BCUT2D eigenvalue weighted by atomic mass is 9.72. The predicted octanol–water partition coefficient (Wildman–Crippen LogP) is 4.84. The topological polar surface area (TPSA) is 12.0 Å². The van der Waals surface area contributed by atoms with Crippen molar-refractivity contribution in [2.75, 3.05) is 6.54 Å². The van der Waals surface area contributed by atoms with Gasteiger partial charge in [0.1, 0.15) is 0 Å². The van der Waals surface area contributed by atoms with Crippen molar-refractivity contribution < 1.29 is 0 Å². The van der Waals surface area contributed by atoms with Crippen LogP contribution in [0.3, 0.4) is 0 Å². The Morgan fingerprint density at radius 2 is 1.67 bits per heavy atom. The second-order valence-corrected chi connectivity index (χ2v) is 7.68. The Balaban J connectivity index is 1.68. The molecule has 1 heteroatoms. The molecule has 1 N–H and O–H groups in total. The minimum absolute atomic E-state index is 0.741. The molecule has 0 amide bonds. The molecule has 116 valence electrons. The van der Waals surface area contributed by atoms with Crippen LogP contribution < -0.4 is 5.32 Å². The third-order valence-electron chi connectivity index (χ3n) is 5.69. The summed E-state index contributed by atoms with van der Waals surface area (Å²) in [5.74, 6) is 4.39. The summed E-state index contributed by atoms with van der Waals surface area (Å²) in [5, 5.41) is 3.86. The fourth-order valence-electron chi connectivity index (χ4n) is 4.90. The molecule has 2 fully saturated rings. The molecule has 0 radical (unpaired) electrons. The van der Waals surface area contributed by atoms with Crippen LogP contribution in [0.15, 0.2) is 30.3 Å². The average Bonchev–Trinajstić information content (AvgIpc) is 3.25. The molecular formula is C20H31N. The van der Waals surface area contributed by atoms with Gasteiger partial charge in [0.2, 0.25) is 0 Å². The van der Waals surface area contributed by atoms with Crippen LogP contribution >= 0.6 is 0 Å². The minimum Gasteiger partial charge on any atom is -0.314 e. The van der Waals surface area contributed by atoms with Crippen LogP contribution in [-0.2, 0) is 0 Å². The van der Waals surface area contributed by atoms with E-state index in [0.29, 0.717) is 0 Å². The Labute approximate surface area is 130 Å². The lowest BCUT2D eigenvalue weighted by molar-refractivity contribution is 0.165. The molecule has 0 aromatic heterocycles. The van der Waals surface area contributed by atoms with E-state index in [9.17, 15) is 0 Å². The Kier molecular flexibility index (Phi) is 4.69. The van der Waals surface area contributed by atoms with Gasteiger partial charge in [0.15, 0.2) is 0 Å². The van der Waals surface area contributed by atoms with Gasteiger partial charge in [-0.3, -0.25) is 0 Å². The molecule has 0 saturated heterocycles. The van der Waals surface area contributed by atoms with Crippen LogP contribution in [0.25, 0.3) is 0 Å². The first-order chi connectivity index (χ1) is 10.2. The van der Waals surface area contributed by atoms with Crippen molar-refractivity contribution in [3.63, 3.8) is 0 Å². The van der Waals surface area contributed by atoms with Gasteiger partial charge in [-0.25, -0.2) is 0 Å². The van der Waals surface area contributed by atoms with Gasteiger partial charge in [-0.1, -0.05) is 51.1 Å². The van der Waals surface area contributed by atoms with E-state index in [-0.39, 0.29) is 0 Å². The fourth-order valence-corrected chi connectivity index (χ4v) is 4.90. The molecule has 21 heavy (non-hydrogen) atoms. The van der Waals surface area contributed by atoms with Gasteiger partial charge in [0.25, 0.3) is 0 Å². The van der Waals surface area contributed by atoms with Crippen LogP contribution in [0, 0.1) is 23.7 Å². The van der Waals surface area contributed by atoms with Crippen molar-refractivity contribution >= 4 is 0 Å². The molecule has 0 aliphatic heterocycles. The third-order valence-corrected chi connectivity index (χ3v) is 5.69. The summed E-state index contributed by atoms with van der Waals surface area (Å²) in [6.07, 6.45) is 5.68. The summed E-state index contributed by atoms with van der Waals surface area (Å²) in [6, 6.07) is 11.9. The molecule has 1 nitrogen and oxygen atoms in total. The first-order valence-corrected chi connectivity index (χ1v) is 8.97. The predicted molar refractivity (Wildman–Crippen MR) is 90.4 cm³/mol. The van der Waals surface area contributed by atoms with Crippen molar-refractivity contribution in [2.24, 2.45) is 23.7 Å². The average molecular weight is 285 g/mol. The van der Waals surface area contributed by atoms with Gasteiger partial charge in [-0.05, 0) is 67.4 Å². The largest absolute Gasteiger partial charge is 0.314 e. The molecule has 0 bridgehead atoms. The lowest BCUT2D eigenvalue weighted by Crippen LogP contribution is -2.41. The van der Waals surface area contributed by atoms with E-state index in [4.69, 9.17) is 0 Å². The van der Waals surface area contributed by atoms with E-state index in [2.05, 4.69) is 56.4 Å². The zero-order valence-electron chi connectivity index (χ0n) is 13.9. The maximum Gasteiger partial charge on any atom is 0.0130 e. The Morgan fingerprint density at radius 3 is 2.29 bits per heavy atom. The summed E-state index contributed by atoms with van der Waals surface area (Å²) < 4.78 is 0. The number of rotatable bonds is 5. The second kappa shape index (κ2) is 6.52. The first-order valence-electron chi connectivity index (χ1n) is 8.97. The molecule has 5 unspecified atom stereocenters. The third kappa shape index (κ3) is 3.51. The Morgan fingerprint density at radius 1 is 1.00 bits per heavy atom.